The van der Waals surface area contributed by atoms with Gasteiger partial charge in [-0.3, -0.25) is 4.90 Å². The number of hydrogen-bond donors (Lipinski definition) is 0. The third kappa shape index (κ3) is 3.57. The fraction of sp³-hybridized carbons (Fsp3) is 0.333. The van der Waals surface area contributed by atoms with Crippen molar-refractivity contribution in [3.8, 4) is 0 Å². The number of hydrogen-bond acceptors (Lipinski definition) is 5. The van der Waals surface area contributed by atoms with Crippen molar-refractivity contribution in [3.05, 3.63) is 48.6 Å². The minimum Gasteiger partial charge on any atom is -0.289 e. The van der Waals surface area contributed by atoms with Gasteiger partial charge in [0.05, 0.1) is 13.1 Å². The second-order valence-corrected chi connectivity index (χ2v) is 3.63. The molecule has 2 rings (SSSR count). The summed E-state index contributed by atoms with van der Waals surface area (Å²) in [7, 11) is 0. The molecule has 0 saturated heterocycles. The molecule has 0 aliphatic rings. The quantitative estimate of drug-likeness (QED) is 0.773. The van der Waals surface area contributed by atoms with Gasteiger partial charge < -0.3 is 0 Å². The predicted octanol–water partition coefficient (Wildman–Crippen LogP) is 1.29. The average molecular weight is 229 g/mol. The first-order chi connectivity index (χ1) is 8.38. The normalized spacial score (nSPS) is 10.7. The van der Waals surface area contributed by atoms with Gasteiger partial charge in [-0.25, -0.2) is 19.9 Å². The lowest BCUT2D eigenvalue weighted by Crippen LogP contribution is -2.24. The van der Waals surface area contributed by atoms with Crippen molar-refractivity contribution < 1.29 is 0 Å². The van der Waals surface area contributed by atoms with Crippen LogP contribution in [0.5, 0.6) is 0 Å². The van der Waals surface area contributed by atoms with Crippen LogP contribution in [-0.2, 0) is 13.1 Å². The second kappa shape index (κ2) is 6.00. The lowest BCUT2D eigenvalue weighted by molar-refractivity contribution is 0.257. The molecule has 5 nitrogen and oxygen atoms in total. The van der Waals surface area contributed by atoms with Gasteiger partial charge in [-0.1, -0.05) is 6.92 Å². The summed E-state index contributed by atoms with van der Waals surface area (Å²) in [5.41, 5.74) is 0. The average Bonchev–Trinajstić information content (AvgIpc) is 2.40. The molecule has 0 unspecified atom stereocenters. The molecule has 5 heteroatoms. The molecule has 0 bridgehead atoms. The van der Waals surface area contributed by atoms with Crippen molar-refractivity contribution in [2.24, 2.45) is 0 Å². The Hall–Kier alpha value is -1.88. The molecule has 0 spiro atoms. The Morgan fingerprint density at radius 1 is 0.824 bits per heavy atom. The van der Waals surface area contributed by atoms with Gasteiger partial charge in [0.15, 0.2) is 0 Å². The highest BCUT2D eigenvalue weighted by atomic mass is 15.2. The van der Waals surface area contributed by atoms with Gasteiger partial charge in [0.1, 0.15) is 11.6 Å². The van der Waals surface area contributed by atoms with E-state index in [0.717, 1.165) is 31.3 Å². The molecule has 0 aliphatic heterocycles. The molecule has 0 radical (unpaired) electrons. The van der Waals surface area contributed by atoms with E-state index in [0.29, 0.717) is 0 Å². The van der Waals surface area contributed by atoms with Crippen LogP contribution in [-0.4, -0.2) is 31.4 Å². The number of rotatable bonds is 5. The zero-order valence-electron chi connectivity index (χ0n) is 9.82. The lowest BCUT2D eigenvalue weighted by Gasteiger charge is -2.17. The van der Waals surface area contributed by atoms with Crippen molar-refractivity contribution in [3.63, 3.8) is 0 Å². The molecule has 0 fully saturated rings. The third-order valence-electron chi connectivity index (χ3n) is 2.42. The highest BCUT2D eigenvalue weighted by Crippen LogP contribution is 2.02. The fourth-order valence-electron chi connectivity index (χ4n) is 1.50. The first-order valence-corrected chi connectivity index (χ1v) is 5.62. The Labute approximate surface area is 101 Å². The van der Waals surface area contributed by atoms with Gasteiger partial charge in [0.2, 0.25) is 0 Å². The Bertz CT molecular complexity index is 390. The van der Waals surface area contributed by atoms with Crippen molar-refractivity contribution in [1.29, 1.82) is 0 Å². The summed E-state index contributed by atoms with van der Waals surface area (Å²) in [6.07, 6.45) is 7.04. The van der Waals surface area contributed by atoms with Crippen molar-refractivity contribution in [2.75, 3.05) is 6.54 Å². The molecule has 0 saturated carbocycles. The number of aromatic nitrogens is 4. The Kier molecular flexibility index (Phi) is 4.10. The molecule has 2 aromatic rings. The molecule has 2 heterocycles. The Morgan fingerprint density at radius 3 is 1.59 bits per heavy atom. The van der Waals surface area contributed by atoms with Gasteiger partial charge in [-0.05, 0) is 18.7 Å². The standard InChI is InChI=1S/C12H15N5/c1-2-17(9-11-13-5-3-6-14-11)10-12-15-7-4-8-16-12/h3-8H,2,9-10H2,1H3. The molecule has 0 aliphatic carbocycles. The van der Waals surface area contributed by atoms with E-state index < -0.39 is 0 Å². The van der Waals surface area contributed by atoms with Crippen LogP contribution in [0.2, 0.25) is 0 Å². The van der Waals surface area contributed by atoms with E-state index in [1.165, 1.54) is 0 Å². The molecule has 17 heavy (non-hydrogen) atoms. The molecule has 2 aromatic heterocycles. The van der Waals surface area contributed by atoms with Crippen LogP contribution in [0.1, 0.15) is 18.6 Å². The molecular weight excluding hydrogens is 214 g/mol. The van der Waals surface area contributed by atoms with Crippen LogP contribution in [0.15, 0.2) is 36.9 Å². The van der Waals surface area contributed by atoms with E-state index in [2.05, 4.69) is 31.8 Å². The maximum atomic E-state index is 4.21. The van der Waals surface area contributed by atoms with E-state index >= 15 is 0 Å². The van der Waals surface area contributed by atoms with E-state index in [1.54, 1.807) is 24.8 Å². The zero-order chi connectivity index (χ0) is 11.9. The SMILES string of the molecule is CCN(Cc1ncccn1)Cc1ncccn1. The summed E-state index contributed by atoms with van der Waals surface area (Å²) in [5, 5.41) is 0. The number of nitrogens with zero attached hydrogens (tertiary/aromatic N) is 5. The summed E-state index contributed by atoms with van der Waals surface area (Å²) >= 11 is 0. The van der Waals surface area contributed by atoms with Crippen molar-refractivity contribution >= 4 is 0 Å². The van der Waals surface area contributed by atoms with E-state index in [-0.39, 0.29) is 0 Å². The van der Waals surface area contributed by atoms with Crippen LogP contribution in [0.4, 0.5) is 0 Å². The third-order valence-corrected chi connectivity index (χ3v) is 2.42. The lowest BCUT2D eigenvalue weighted by atomic mass is 10.4. The minimum atomic E-state index is 0.718. The summed E-state index contributed by atoms with van der Waals surface area (Å²) in [6, 6.07) is 3.64. The molecule has 0 aromatic carbocycles. The van der Waals surface area contributed by atoms with Gasteiger partial charge >= 0.3 is 0 Å². The summed E-state index contributed by atoms with van der Waals surface area (Å²) in [5.74, 6) is 1.65. The van der Waals surface area contributed by atoms with Crippen LogP contribution in [0.25, 0.3) is 0 Å². The van der Waals surface area contributed by atoms with Crippen molar-refractivity contribution in [2.45, 2.75) is 20.0 Å². The predicted molar refractivity (Wildman–Crippen MR) is 63.9 cm³/mol. The first kappa shape index (κ1) is 11.6. The highest BCUT2D eigenvalue weighted by Gasteiger charge is 2.07. The van der Waals surface area contributed by atoms with Gasteiger partial charge in [-0.15, -0.1) is 0 Å². The topological polar surface area (TPSA) is 54.8 Å². The maximum Gasteiger partial charge on any atom is 0.142 e. The monoisotopic (exact) mass is 229 g/mol. The van der Waals surface area contributed by atoms with Gasteiger partial charge in [0, 0.05) is 24.8 Å². The fourth-order valence-corrected chi connectivity index (χ4v) is 1.50. The molecule has 0 amide bonds. The molecular formula is C12H15N5. The summed E-state index contributed by atoms with van der Waals surface area (Å²) in [6.45, 7) is 4.45. The van der Waals surface area contributed by atoms with E-state index in [4.69, 9.17) is 0 Å². The van der Waals surface area contributed by atoms with Crippen LogP contribution in [0, 0.1) is 0 Å². The first-order valence-electron chi connectivity index (χ1n) is 5.62. The Morgan fingerprint density at radius 2 is 1.24 bits per heavy atom. The van der Waals surface area contributed by atoms with Crippen LogP contribution >= 0.6 is 0 Å². The van der Waals surface area contributed by atoms with Crippen LogP contribution in [0.3, 0.4) is 0 Å². The van der Waals surface area contributed by atoms with Crippen molar-refractivity contribution in [1.82, 2.24) is 24.8 Å². The van der Waals surface area contributed by atoms with Gasteiger partial charge in [-0.2, -0.15) is 0 Å². The second-order valence-electron chi connectivity index (χ2n) is 3.63. The zero-order valence-corrected chi connectivity index (χ0v) is 9.82. The summed E-state index contributed by atoms with van der Waals surface area (Å²) < 4.78 is 0. The largest absolute Gasteiger partial charge is 0.289 e. The molecule has 0 N–H and O–H groups in total. The van der Waals surface area contributed by atoms with E-state index in [1.807, 2.05) is 12.1 Å². The van der Waals surface area contributed by atoms with E-state index in [9.17, 15) is 0 Å². The maximum absolute atomic E-state index is 4.21. The highest BCUT2D eigenvalue weighted by molar-refractivity contribution is 4.91. The molecule has 0 atom stereocenters. The minimum absolute atomic E-state index is 0.718. The Balaban J connectivity index is 1.98. The smallest absolute Gasteiger partial charge is 0.142 e. The van der Waals surface area contributed by atoms with Crippen LogP contribution < -0.4 is 0 Å². The molecule has 88 valence electrons. The summed E-state index contributed by atoms with van der Waals surface area (Å²) in [4.78, 5) is 19.1. The van der Waals surface area contributed by atoms with Gasteiger partial charge in [0.25, 0.3) is 0 Å².